The highest BCUT2D eigenvalue weighted by atomic mass is 35.5. The van der Waals surface area contributed by atoms with Gasteiger partial charge in [-0.25, -0.2) is 4.39 Å². The van der Waals surface area contributed by atoms with Gasteiger partial charge in [0.05, 0.1) is 6.20 Å². The molecule has 0 fully saturated rings. The zero-order valence-corrected chi connectivity index (χ0v) is 9.21. The largest absolute Gasteiger partial charge is 0.326 e. The van der Waals surface area contributed by atoms with Crippen molar-refractivity contribution in [2.45, 2.75) is 6.54 Å². The van der Waals surface area contributed by atoms with Gasteiger partial charge in [-0.15, -0.1) is 0 Å². The summed E-state index contributed by atoms with van der Waals surface area (Å²) in [6, 6.07) is 6.84. The second-order valence-corrected chi connectivity index (χ2v) is 3.81. The summed E-state index contributed by atoms with van der Waals surface area (Å²) in [7, 11) is 0. The van der Waals surface area contributed by atoms with Gasteiger partial charge >= 0.3 is 0 Å². The van der Waals surface area contributed by atoms with Crippen LogP contribution in [0.3, 0.4) is 0 Å². The van der Waals surface area contributed by atoms with Gasteiger partial charge in [-0.3, -0.25) is 4.98 Å². The number of benzene rings is 1. The van der Waals surface area contributed by atoms with Crippen molar-refractivity contribution in [3.05, 3.63) is 53.1 Å². The standard InChI is InChI=1S/C12H10ClFN2/c13-12-2-1-8(3-9(12)5-15)10-4-11(14)7-16-6-10/h1-4,6-7H,5,15H2. The smallest absolute Gasteiger partial charge is 0.142 e. The summed E-state index contributed by atoms with van der Waals surface area (Å²) in [5, 5.41) is 0.621. The van der Waals surface area contributed by atoms with E-state index in [0.29, 0.717) is 17.1 Å². The fourth-order valence-electron chi connectivity index (χ4n) is 1.48. The first-order valence-electron chi connectivity index (χ1n) is 4.80. The van der Waals surface area contributed by atoms with E-state index in [9.17, 15) is 4.39 Å². The molecule has 16 heavy (non-hydrogen) atoms. The predicted octanol–water partition coefficient (Wildman–Crippen LogP) is 3.00. The first-order valence-corrected chi connectivity index (χ1v) is 5.18. The average molecular weight is 237 g/mol. The quantitative estimate of drug-likeness (QED) is 0.871. The van der Waals surface area contributed by atoms with Gasteiger partial charge in [0.2, 0.25) is 0 Å². The van der Waals surface area contributed by atoms with Crippen molar-refractivity contribution >= 4 is 11.6 Å². The van der Waals surface area contributed by atoms with Crippen molar-refractivity contribution in [2.75, 3.05) is 0 Å². The minimum atomic E-state index is -0.359. The third-order valence-corrected chi connectivity index (χ3v) is 2.67. The van der Waals surface area contributed by atoms with Crippen molar-refractivity contribution < 1.29 is 4.39 Å². The molecular formula is C12H10ClFN2. The lowest BCUT2D eigenvalue weighted by molar-refractivity contribution is 0.622. The zero-order valence-electron chi connectivity index (χ0n) is 8.45. The van der Waals surface area contributed by atoms with Gasteiger partial charge in [-0.2, -0.15) is 0 Å². The van der Waals surface area contributed by atoms with Gasteiger partial charge in [0, 0.05) is 23.3 Å². The summed E-state index contributed by atoms with van der Waals surface area (Å²) in [6.45, 7) is 0.357. The number of halogens is 2. The van der Waals surface area contributed by atoms with Crippen LogP contribution < -0.4 is 5.73 Å². The van der Waals surface area contributed by atoms with E-state index in [1.165, 1.54) is 12.3 Å². The summed E-state index contributed by atoms with van der Waals surface area (Å²) in [4.78, 5) is 3.80. The Hall–Kier alpha value is -1.45. The first kappa shape index (κ1) is 11.0. The maximum atomic E-state index is 13.0. The molecule has 0 aliphatic heterocycles. The SMILES string of the molecule is NCc1cc(-c2cncc(F)c2)ccc1Cl. The van der Waals surface area contributed by atoms with Crippen molar-refractivity contribution in [2.24, 2.45) is 5.73 Å². The number of aromatic nitrogens is 1. The number of nitrogens with two attached hydrogens (primary N) is 1. The summed E-state index contributed by atoms with van der Waals surface area (Å²) in [6.07, 6.45) is 2.77. The third-order valence-electron chi connectivity index (χ3n) is 2.30. The number of pyridine rings is 1. The lowest BCUT2D eigenvalue weighted by Crippen LogP contribution is -1.97. The number of nitrogens with zero attached hydrogens (tertiary/aromatic N) is 1. The maximum absolute atomic E-state index is 13.0. The van der Waals surface area contributed by atoms with E-state index in [4.69, 9.17) is 17.3 Å². The zero-order chi connectivity index (χ0) is 11.5. The molecule has 2 N–H and O–H groups in total. The summed E-state index contributed by atoms with van der Waals surface area (Å²) < 4.78 is 13.0. The lowest BCUT2D eigenvalue weighted by Gasteiger charge is -2.05. The number of rotatable bonds is 2. The normalized spacial score (nSPS) is 10.4. The highest BCUT2D eigenvalue weighted by molar-refractivity contribution is 6.31. The summed E-state index contributed by atoms with van der Waals surface area (Å²) >= 11 is 5.95. The summed E-state index contributed by atoms with van der Waals surface area (Å²) in [5.74, 6) is -0.359. The van der Waals surface area contributed by atoms with Crippen LogP contribution in [0, 0.1) is 5.82 Å². The molecule has 4 heteroatoms. The lowest BCUT2D eigenvalue weighted by atomic mass is 10.0. The Morgan fingerprint density at radius 3 is 2.69 bits per heavy atom. The van der Waals surface area contributed by atoms with E-state index in [1.807, 2.05) is 12.1 Å². The van der Waals surface area contributed by atoms with Crippen LogP contribution in [0.4, 0.5) is 4.39 Å². The van der Waals surface area contributed by atoms with Gasteiger partial charge in [-0.1, -0.05) is 17.7 Å². The molecule has 0 saturated carbocycles. The molecule has 0 aliphatic rings. The molecule has 1 heterocycles. The van der Waals surface area contributed by atoms with Crippen molar-refractivity contribution in [3.63, 3.8) is 0 Å². The van der Waals surface area contributed by atoms with Crippen LogP contribution in [-0.2, 0) is 6.54 Å². The van der Waals surface area contributed by atoms with Gasteiger partial charge in [0.25, 0.3) is 0 Å². The van der Waals surface area contributed by atoms with Crippen LogP contribution in [0.2, 0.25) is 5.02 Å². The molecule has 0 aliphatic carbocycles. The maximum Gasteiger partial charge on any atom is 0.142 e. The molecule has 0 saturated heterocycles. The van der Waals surface area contributed by atoms with E-state index in [1.54, 1.807) is 12.3 Å². The van der Waals surface area contributed by atoms with E-state index in [-0.39, 0.29) is 5.82 Å². The van der Waals surface area contributed by atoms with Gasteiger partial charge < -0.3 is 5.73 Å². The fraction of sp³-hybridized carbons (Fsp3) is 0.0833. The first-order chi connectivity index (χ1) is 7.70. The number of hydrogen-bond donors (Lipinski definition) is 1. The number of hydrogen-bond acceptors (Lipinski definition) is 2. The second-order valence-electron chi connectivity index (χ2n) is 3.40. The van der Waals surface area contributed by atoms with Crippen LogP contribution in [0.25, 0.3) is 11.1 Å². The van der Waals surface area contributed by atoms with Crippen molar-refractivity contribution in [1.29, 1.82) is 0 Å². The van der Waals surface area contributed by atoms with Crippen LogP contribution in [0.15, 0.2) is 36.7 Å². The van der Waals surface area contributed by atoms with Gasteiger partial charge in [0.1, 0.15) is 5.82 Å². The molecule has 1 aromatic heterocycles. The Morgan fingerprint density at radius 1 is 1.19 bits per heavy atom. The Labute approximate surface area is 97.9 Å². The Bertz CT molecular complexity index is 514. The molecule has 2 nitrogen and oxygen atoms in total. The molecule has 2 rings (SSSR count). The van der Waals surface area contributed by atoms with E-state index in [0.717, 1.165) is 11.1 Å². The molecule has 0 amide bonds. The fourth-order valence-corrected chi connectivity index (χ4v) is 1.68. The molecule has 0 unspecified atom stereocenters. The van der Waals surface area contributed by atoms with Crippen molar-refractivity contribution in [3.8, 4) is 11.1 Å². The van der Waals surface area contributed by atoms with Gasteiger partial charge in [-0.05, 0) is 29.3 Å². The average Bonchev–Trinajstić information content (AvgIpc) is 2.29. The molecule has 2 aromatic rings. The molecule has 0 atom stereocenters. The third kappa shape index (κ3) is 2.21. The Balaban J connectivity index is 2.48. The molecular weight excluding hydrogens is 227 g/mol. The van der Waals surface area contributed by atoms with Crippen molar-refractivity contribution in [1.82, 2.24) is 4.98 Å². The van der Waals surface area contributed by atoms with Crippen LogP contribution in [0.1, 0.15) is 5.56 Å². The topological polar surface area (TPSA) is 38.9 Å². The predicted molar refractivity (Wildman–Crippen MR) is 62.5 cm³/mol. The van der Waals surface area contributed by atoms with Gasteiger partial charge in [0.15, 0.2) is 0 Å². The molecule has 0 bridgehead atoms. The molecule has 0 radical (unpaired) electrons. The molecule has 0 spiro atoms. The van der Waals surface area contributed by atoms with Crippen LogP contribution in [0.5, 0.6) is 0 Å². The highest BCUT2D eigenvalue weighted by Gasteiger charge is 2.03. The monoisotopic (exact) mass is 236 g/mol. The minimum absolute atomic E-state index is 0.357. The van der Waals surface area contributed by atoms with E-state index >= 15 is 0 Å². The van der Waals surface area contributed by atoms with E-state index < -0.39 is 0 Å². The second kappa shape index (κ2) is 4.60. The summed E-state index contributed by atoms with van der Waals surface area (Å²) in [5.41, 5.74) is 7.96. The van der Waals surface area contributed by atoms with Crippen LogP contribution >= 0.6 is 11.6 Å². The Kier molecular flexibility index (Phi) is 3.17. The highest BCUT2D eigenvalue weighted by Crippen LogP contribution is 2.24. The van der Waals surface area contributed by atoms with Crippen LogP contribution in [-0.4, -0.2) is 4.98 Å². The molecule has 1 aromatic carbocycles. The molecule has 82 valence electrons. The minimum Gasteiger partial charge on any atom is -0.326 e. The van der Waals surface area contributed by atoms with E-state index in [2.05, 4.69) is 4.98 Å². The Morgan fingerprint density at radius 2 is 2.00 bits per heavy atom.